The molecule has 1 heterocycles. The lowest BCUT2D eigenvalue weighted by atomic mass is 10.2. The van der Waals surface area contributed by atoms with E-state index in [0.717, 1.165) is 16.5 Å². The van der Waals surface area contributed by atoms with Crippen LogP contribution < -0.4 is 0 Å². The van der Waals surface area contributed by atoms with Crippen molar-refractivity contribution in [2.45, 2.75) is 13.5 Å². The second kappa shape index (κ2) is 3.14. The summed E-state index contributed by atoms with van der Waals surface area (Å²) in [5.41, 5.74) is 2.00. The zero-order valence-electron chi connectivity index (χ0n) is 7.77. The first-order valence-corrected chi connectivity index (χ1v) is 4.31. The lowest BCUT2D eigenvalue weighted by Gasteiger charge is -1.98. The Bertz CT molecular complexity index is 488. The van der Waals surface area contributed by atoms with E-state index >= 15 is 0 Å². The summed E-state index contributed by atoms with van der Waals surface area (Å²) in [6.45, 7) is 1.90. The molecule has 0 aliphatic rings. The van der Waals surface area contributed by atoms with Crippen LogP contribution in [-0.4, -0.2) is 20.9 Å². The summed E-state index contributed by atoms with van der Waals surface area (Å²) in [7, 11) is 0. The molecule has 0 atom stereocenters. The topological polar surface area (TPSA) is 55.1 Å². The lowest BCUT2D eigenvalue weighted by molar-refractivity contribution is -0.137. The Balaban J connectivity index is 2.52. The Labute approximate surface area is 80.8 Å². The van der Waals surface area contributed by atoms with Gasteiger partial charge in [0.05, 0.1) is 11.7 Å². The minimum Gasteiger partial charge on any atom is -0.480 e. The van der Waals surface area contributed by atoms with Gasteiger partial charge in [0.1, 0.15) is 6.54 Å². The zero-order chi connectivity index (χ0) is 10.1. The first kappa shape index (κ1) is 8.74. The van der Waals surface area contributed by atoms with Crippen molar-refractivity contribution < 1.29 is 9.90 Å². The summed E-state index contributed by atoms with van der Waals surface area (Å²) >= 11 is 0. The standard InChI is InChI=1S/C10H10N2O2/c1-7-2-3-9-8(4-7)5-11-12(9)6-10(13)14/h2-5H,6H2,1H3,(H,13,14). The van der Waals surface area contributed by atoms with Gasteiger partial charge in [-0.15, -0.1) is 0 Å². The van der Waals surface area contributed by atoms with Gasteiger partial charge in [0, 0.05) is 5.39 Å². The van der Waals surface area contributed by atoms with Gasteiger partial charge in [-0.1, -0.05) is 11.6 Å². The SMILES string of the molecule is Cc1ccc2c(cnn2CC(=O)O)c1. The summed E-state index contributed by atoms with van der Waals surface area (Å²) in [5, 5.41) is 13.6. The predicted octanol–water partition coefficient (Wildman–Crippen LogP) is 1.43. The number of rotatable bonds is 2. The number of aryl methyl sites for hydroxylation is 1. The Hall–Kier alpha value is -1.84. The molecule has 0 saturated heterocycles. The molecule has 1 aromatic heterocycles. The third kappa shape index (κ3) is 1.46. The van der Waals surface area contributed by atoms with Gasteiger partial charge < -0.3 is 5.11 Å². The molecule has 0 aliphatic carbocycles. The molecule has 1 aromatic carbocycles. The summed E-state index contributed by atoms with van der Waals surface area (Å²) in [6.07, 6.45) is 1.69. The van der Waals surface area contributed by atoms with Crippen LogP contribution in [0.25, 0.3) is 10.9 Å². The molecule has 0 radical (unpaired) electrons. The Morgan fingerprint density at radius 1 is 1.57 bits per heavy atom. The largest absolute Gasteiger partial charge is 0.480 e. The van der Waals surface area contributed by atoms with E-state index in [1.807, 2.05) is 25.1 Å². The van der Waals surface area contributed by atoms with Gasteiger partial charge in [0.15, 0.2) is 0 Å². The highest BCUT2D eigenvalue weighted by Gasteiger charge is 2.05. The molecule has 4 heteroatoms. The number of carboxylic acids is 1. The number of nitrogens with zero attached hydrogens (tertiary/aromatic N) is 2. The highest BCUT2D eigenvalue weighted by Crippen LogP contribution is 2.14. The van der Waals surface area contributed by atoms with Gasteiger partial charge in [-0.05, 0) is 19.1 Å². The van der Waals surface area contributed by atoms with Crippen LogP contribution >= 0.6 is 0 Å². The van der Waals surface area contributed by atoms with Gasteiger partial charge >= 0.3 is 5.97 Å². The van der Waals surface area contributed by atoms with Crippen molar-refractivity contribution >= 4 is 16.9 Å². The number of hydrogen-bond donors (Lipinski definition) is 1. The van der Waals surface area contributed by atoms with Crippen molar-refractivity contribution in [3.8, 4) is 0 Å². The monoisotopic (exact) mass is 190 g/mol. The highest BCUT2D eigenvalue weighted by molar-refractivity contribution is 5.80. The van der Waals surface area contributed by atoms with E-state index in [1.165, 1.54) is 4.68 Å². The summed E-state index contributed by atoms with van der Waals surface area (Å²) < 4.78 is 1.48. The van der Waals surface area contributed by atoms with Crippen LogP contribution in [0.4, 0.5) is 0 Å². The van der Waals surface area contributed by atoms with E-state index in [9.17, 15) is 4.79 Å². The molecule has 1 N–H and O–H groups in total. The van der Waals surface area contributed by atoms with Crippen LogP contribution in [0.15, 0.2) is 24.4 Å². The highest BCUT2D eigenvalue weighted by atomic mass is 16.4. The number of aromatic nitrogens is 2. The molecule has 0 spiro atoms. The van der Waals surface area contributed by atoms with Crippen LogP contribution in [0.3, 0.4) is 0 Å². The molecule has 0 fully saturated rings. The number of hydrogen-bond acceptors (Lipinski definition) is 2. The Kier molecular flexibility index (Phi) is 1.96. The Morgan fingerprint density at radius 2 is 2.36 bits per heavy atom. The molecule has 2 rings (SSSR count). The smallest absolute Gasteiger partial charge is 0.325 e. The first-order valence-electron chi connectivity index (χ1n) is 4.31. The number of carboxylic acid groups (broad SMARTS) is 1. The molecule has 0 amide bonds. The fraction of sp³-hybridized carbons (Fsp3) is 0.200. The summed E-state index contributed by atoms with van der Waals surface area (Å²) in [6, 6.07) is 5.82. The van der Waals surface area contributed by atoms with Crippen molar-refractivity contribution in [2.24, 2.45) is 0 Å². The van der Waals surface area contributed by atoms with Gasteiger partial charge in [0.25, 0.3) is 0 Å². The van der Waals surface area contributed by atoms with Crippen molar-refractivity contribution in [1.29, 1.82) is 0 Å². The second-order valence-corrected chi connectivity index (χ2v) is 3.26. The maximum absolute atomic E-state index is 10.5. The van der Waals surface area contributed by atoms with Gasteiger partial charge in [-0.3, -0.25) is 9.48 Å². The summed E-state index contributed by atoms with van der Waals surface area (Å²) in [5.74, 6) is -0.879. The van der Waals surface area contributed by atoms with Crippen molar-refractivity contribution in [3.63, 3.8) is 0 Å². The first-order chi connectivity index (χ1) is 6.66. The molecule has 2 aromatic rings. The van der Waals surface area contributed by atoms with Gasteiger partial charge in [-0.25, -0.2) is 0 Å². The minimum absolute atomic E-state index is 0.0907. The van der Waals surface area contributed by atoms with Gasteiger partial charge in [-0.2, -0.15) is 5.10 Å². The summed E-state index contributed by atoms with van der Waals surface area (Å²) in [4.78, 5) is 10.5. The maximum Gasteiger partial charge on any atom is 0.325 e. The fourth-order valence-electron chi connectivity index (χ4n) is 1.46. The average Bonchev–Trinajstić information content (AvgIpc) is 2.47. The van der Waals surface area contributed by atoms with Crippen LogP contribution in [0.2, 0.25) is 0 Å². The molecular weight excluding hydrogens is 180 g/mol. The number of benzene rings is 1. The van der Waals surface area contributed by atoms with Crippen LogP contribution in [0.5, 0.6) is 0 Å². The second-order valence-electron chi connectivity index (χ2n) is 3.26. The van der Waals surface area contributed by atoms with Crippen LogP contribution in [-0.2, 0) is 11.3 Å². The van der Waals surface area contributed by atoms with Crippen LogP contribution in [0, 0.1) is 6.92 Å². The molecule has 4 nitrogen and oxygen atoms in total. The third-order valence-corrected chi connectivity index (χ3v) is 2.08. The fourth-order valence-corrected chi connectivity index (χ4v) is 1.46. The third-order valence-electron chi connectivity index (χ3n) is 2.08. The van der Waals surface area contributed by atoms with E-state index in [4.69, 9.17) is 5.11 Å². The number of carbonyl (C=O) groups is 1. The molecule has 0 saturated carbocycles. The Morgan fingerprint density at radius 3 is 3.07 bits per heavy atom. The number of fused-ring (bicyclic) bond motifs is 1. The minimum atomic E-state index is -0.879. The van der Waals surface area contributed by atoms with Crippen molar-refractivity contribution in [2.75, 3.05) is 0 Å². The van der Waals surface area contributed by atoms with E-state index in [1.54, 1.807) is 6.20 Å². The predicted molar refractivity (Wildman–Crippen MR) is 52.1 cm³/mol. The van der Waals surface area contributed by atoms with E-state index in [0.29, 0.717) is 0 Å². The lowest BCUT2D eigenvalue weighted by Crippen LogP contribution is -2.09. The maximum atomic E-state index is 10.5. The molecular formula is C10H10N2O2. The van der Waals surface area contributed by atoms with E-state index in [-0.39, 0.29) is 6.54 Å². The number of aliphatic carboxylic acids is 1. The van der Waals surface area contributed by atoms with Crippen molar-refractivity contribution in [1.82, 2.24) is 9.78 Å². The quantitative estimate of drug-likeness (QED) is 0.779. The van der Waals surface area contributed by atoms with E-state index < -0.39 is 5.97 Å². The zero-order valence-corrected chi connectivity index (χ0v) is 7.77. The molecule has 0 bridgehead atoms. The molecule has 0 unspecified atom stereocenters. The van der Waals surface area contributed by atoms with Gasteiger partial charge in [0.2, 0.25) is 0 Å². The van der Waals surface area contributed by atoms with Crippen molar-refractivity contribution in [3.05, 3.63) is 30.0 Å². The average molecular weight is 190 g/mol. The van der Waals surface area contributed by atoms with Crippen LogP contribution in [0.1, 0.15) is 5.56 Å². The molecule has 0 aliphatic heterocycles. The normalized spacial score (nSPS) is 10.6. The molecule has 14 heavy (non-hydrogen) atoms. The van der Waals surface area contributed by atoms with E-state index in [2.05, 4.69) is 5.10 Å². The molecule has 72 valence electrons.